The van der Waals surface area contributed by atoms with Gasteiger partial charge in [0.2, 0.25) is 11.7 Å². The predicted molar refractivity (Wildman–Crippen MR) is 213 cm³/mol. The fourth-order valence-electron chi connectivity index (χ4n) is 7.63. The minimum Gasteiger partial charge on any atom is -0.318 e. The van der Waals surface area contributed by atoms with Crippen LogP contribution in [0.15, 0.2) is 0 Å². The molecule has 0 aromatic rings. The van der Waals surface area contributed by atoms with Crippen molar-refractivity contribution in [2.45, 2.75) is 258 Å². The molecule has 4 nitrogen and oxygen atoms in total. The second-order valence-corrected chi connectivity index (χ2v) is 15.6. The molecule has 0 radical (unpaired) electrons. The monoisotopic (exact) mass is 675 g/mol. The molecule has 0 spiro atoms. The predicted octanol–water partition coefficient (Wildman–Crippen LogP) is 13.5. The molecule has 0 saturated heterocycles. The van der Waals surface area contributed by atoms with E-state index in [4.69, 9.17) is 0 Å². The quantitative estimate of drug-likeness (QED) is 0.0506. The van der Waals surface area contributed by atoms with E-state index >= 15 is 0 Å². The Labute approximate surface area is 302 Å². The Hall–Kier alpha value is -1.06. The van der Waals surface area contributed by atoms with Crippen molar-refractivity contribution in [1.29, 1.82) is 0 Å². The lowest BCUT2D eigenvalue weighted by atomic mass is 10.0. The molecule has 0 bridgehead atoms. The number of rotatable bonds is 38. The highest BCUT2D eigenvalue weighted by molar-refractivity contribution is 5.79. The first-order valence-corrected chi connectivity index (χ1v) is 22.3. The van der Waals surface area contributed by atoms with Crippen LogP contribution in [0.2, 0.25) is 0 Å². The molecule has 1 rings (SSSR count). The van der Waals surface area contributed by atoms with Crippen LogP contribution in [-0.2, 0) is 4.79 Å². The number of nitrogens with zero attached hydrogens (tertiary/aromatic N) is 1. The van der Waals surface area contributed by atoms with Gasteiger partial charge in [0.25, 0.3) is 0 Å². The van der Waals surface area contributed by atoms with E-state index < -0.39 is 0 Å². The van der Waals surface area contributed by atoms with Crippen LogP contribution in [0.1, 0.15) is 252 Å². The lowest BCUT2D eigenvalue weighted by Gasteiger charge is -2.15. The van der Waals surface area contributed by atoms with Crippen LogP contribution in [0.3, 0.4) is 0 Å². The van der Waals surface area contributed by atoms with Crippen molar-refractivity contribution in [3.63, 3.8) is 0 Å². The molecule has 1 unspecified atom stereocenters. The molecule has 1 aliphatic rings. The molecule has 0 saturated carbocycles. The van der Waals surface area contributed by atoms with Crippen LogP contribution >= 0.6 is 0 Å². The number of nitrogens with one attached hydrogen (secondary N) is 2. The highest BCUT2D eigenvalue weighted by atomic mass is 16.1. The fourth-order valence-corrected chi connectivity index (χ4v) is 7.63. The minimum atomic E-state index is 0.0964. The number of hydrogen-bond donors (Lipinski definition) is 2. The summed E-state index contributed by atoms with van der Waals surface area (Å²) in [6, 6.07) is 0. The second-order valence-electron chi connectivity index (χ2n) is 15.6. The van der Waals surface area contributed by atoms with Gasteiger partial charge >= 0.3 is 0 Å². The van der Waals surface area contributed by atoms with Crippen molar-refractivity contribution < 1.29 is 9.37 Å². The molecular weight excluding hydrogens is 587 g/mol. The van der Waals surface area contributed by atoms with Gasteiger partial charge in [-0.15, -0.1) is 0 Å². The SMILES string of the molecule is CCCCCCCCCCCCCCCCCCCCCC1=[N+](C(C)NC(=O)CCCCCCCCCCCCCCCCC)CCN1. The summed E-state index contributed by atoms with van der Waals surface area (Å²) in [6.45, 7) is 8.77. The highest BCUT2D eigenvalue weighted by Crippen LogP contribution is 2.16. The van der Waals surface area contributed by atoms with Crippen molar-refractivity contribution >= 4 is 11.7 Å². The average molecular weight is 675 g/mol. The van der Waals surface area contributed by atoms with Crippen LogP contribution < -0.4 is 10.6 Å². The summed E-state index contributed by atoms with van der Waals surface area (Å²) in [6.07, 6.45) is 49.4. The maximum absolute atomic E-state index is 12.6. The largest absolute Gasteiger partial charge is 0.318 e. The van der Waals surface area contributed by atoms with E-state index in [1.54, 1.807) is 0 Å². The van der Waals surface area contributed by atoms with Crippen LogP contribution in [0.5, 0.6) is 0 Å². The Morgan fingerprint density at radius 2 is 0.833 bits per heavy atom. The first kappa shape index (κ1) is 45.0. The van der Waals surface area contributed by atoms with Gasteiger partial charge in [-0.1, -0.05) is 219 Å². The maximum atomic E-state index is 12.6. The van der Waals surface area contributed by atoms with Crippen molar-refractivity contribution in [3.8, 4) is 0 Å². The van der Waals surface area contributed by atoms with Crippen LogP contribution in [0, 0.1) is 0 Å². The van der Waals surface area contributed by atoms with E-state index in [9.17, 15) is 4.79 Å². The standard InChI is InChI=1S/C44H87N3O/c1-4-6-8-10-12-14-16-18-20-21-22-23-25-26-28-30-32-34-36-38-43-45-40-41-47(43)42(3)46-44(48)39-37-35-33-31-29-27-24-19-17-15-13-11-9-7-5-2/h42H,4-41H2,1-3H3,(H,46,48)/p+1. The lowest BCUT2D eigenvalue weighted by molar-refractivity contribution is -0.558. The van der Waals surface area contributed by atoms with Gasteiger partial charge in [0.15, 0.2) is 6.17 Å². The molecule has 48 heavy (non-hydrogen) atoms. The van der Waals surface area contributed by atoms with Gasteiger partial charge in [-0.25, -0.2) is 4.58 Å². The Kier molecular flexibility index (Phi) is 33.5. The smallest absolute Gasteiger partial charge is 0.246 e. The summed E-state index contributed by atoms with van der Waals surface area (Å²) >= 11 is 0. The van der Waals surface area contributed by atoms with Crippen LogP contribution in [-0.4, -0.2) is 35.6 Å². The number of amides is 1. The molecule has 1 heterocycles. The average Bonchev–Trinajstić information content (AvgIpc) is 3.56. The van der Waals surface area contributed by atoms with Crippen molar-refractivity contribution in [2.24, 2.45) is 0 Å². The summed E-state index contributed by atoms with van der Waals surface area (Å²) in [5, 5.41) is 6.90. The van der Waals surface area contributed by atoms with Gasteiger partial charge in [0, 0.05) is 12.8 Å². The fraction of sp³-hybridized carbons (Fsp3) is 0.955. The number of carbonyl (C=O) groups is 1. The van der Waals surface area contributed by atoms with Gasteiger partial charge in [-0.05, 0) is 19.8 Å². The normalized spacial score (nSPS) is 13.7. The Balaban J connectivity index is 1.92. The summed E-state index contributed by atoms with van der Waals surface area (Å²) in [7, 11) is 0. The molecule has 4 heteroatoms. The van der Waals surface area contributed by atoms with Gasteiger partial charge in [-0.2, -0.15) is 0 Å². The number of amidine groups is 1. The van der Waals surface area contributed by atoms with Crippen molar-refractivity contribution in [1.82, 2.24) is 10.6 Å². The summed E-state index contributed by atoms with van der Waals surface area (Å²) in [5.41, 5.74) is 0. The summed E-state index contributed by atoms with van der Waals surface area (Å²) in [4.78, 5) is 12.6. The summed E-state index contributed by atoms with van der Waals surface area (Å²) < 4.78 is 2.40. The maximum Gasteiger partial charge on any atom is 0.246 e. The van der Waals surface area contributed by atoms with Gasteiger partial charge < -0.3 is 5.32 Å². The molecule has 1 atom stereocenters. The van der Waals surface area contributed by atoms with E-state index in [1.165, 1.54) is 218 Å². The molecule has 0 aromatic heterocycles. The second kappa shape index (κ2) is 35.8. The van der Waals surface area contributed by atoms with E-state index in [2.05, 4.69) is 36.0 Å². The minimum absolute atomic E-state index is 0.0964. The Morgan fingerprint density at radius 3 is 1.19 bits per heavy atom. The molecule has 284 valence electrons. The third-order valence-corrected chi connectivity index (χ3v) is 10.9. The van der Waals surface area contributed by atoms with Crippen LogP contribution in [0.25, 0.3) is 0 Å². The molecule has 2 N–H and O–H groups in total. The van der Waals surface area contributed by atoms with Gasteiger partial charge in [0.1, 0.15) is 13.1 Å². The summed E-state index contributed by atoms with van der Waals surface area (Å²) in [5.74, 6) is 1.58. The molecule has 0 aromatic carbocycles. The Bertz CT molecular complexity index is 720. The molecule has 1 amide bonds. The van der Waals surface area contributed by atoms with E-state index in [0.29, 0.717) is 6.42 Å². The molecule has 0 aliphatic carbocycles. The lowest BCUT2D eigenvalue weighted by Crippen LogP contribution is -2.42. The zero-order valence-electron chi connectivity index (χ0n) is 33.3. The van der Waals surface area contributed by atoms with Gasteiger partial charge in [0.05, 0.1) is 0 Å². The highest BCUT2D eigenvalue weighted by Gasteiger charge is 2.25. The van der Waals surface area contributed by atoms with E-state index in [1.807, 2.05) is 0 Å². The topological polar surface area (TPSA) is 44.1 Å². The van der Waals surface area contributed by atoms with Crippen molar-refractivity contribution in [3.05, 3.63) is 0 Å². The Morgan fingerprint density at radius 1 is 0.521 bits per heavy atom. The molecule has 0 fully saturated rings. The molecule has 1 aliphatic heterocycles. The first-order valence-electron chi connectivity index (χ1n) is 22.3. The number of hydrogen-bond acceptors (Lipinski definition) is 2. The number of unbranched alkanes of at least 4 members (excludes halogenated alkanes) is 32. The van der Waals surface area contributed by atoms with E-state index in [0.717, 1.165) is 25.9 Å². The number of carbonyl (C=O) groups excluding carboxylic acids is 1. The van der Waals surface area contributed by atoms with Crippen LogP contribution in [0.4, 0.5) is 0 Å². The van der Waals surface area contributed by atoms with Gasteiger partial charge in [-0.3, -0.25) is 10.1 Å². The zero-order valence-corrected chi connectivity index (χ0v) is 33.3. The molecular formula is C44H88N3O+. The zero-order chi connectivity index (χ0) is 34.6. The van der Waals surface area contributed by atoms with Crippen molar-refractivity contribution in [2.75, 3.05) is 13.1 Å². The third-order valence-electron chi connectivity index (χ3n) is 10.9. The van der Waals surface area contributed by atoms with E-state index in [-0.39, 0.29) is 12.1 Å². The first-order chi connectivity index (χ1) is 23.7. The third kappa shape index (κ3) is 28.7.